The molecule has 0 fully saturated rings. The largest absolute Gasteiger partial charge is 0.304 e. The molecule has 0 aromatic carbocycles. The number of carbonyl (C=O) groups is 1. The molecular weight excluding hydrogens is 266 g/mol. The first-order chi connectivity index (χ1) is 9.20. The minimum absolute atomic E-state index is 0.00292. The Balaban J connectivity index is 1.88. The monoisotopic (exact) mass is 281 g/mol. The van der Waals surface area contributed by atoms with E-state index in [1.54, 1.807) is 11.8 Å². The van der Waals surface area contributed by atoms with Crippen molar-refractivity contribution in [1.82, 2.24) is 30.9 Å². The lowest BCUT2D eigenvalue weighted by Gasteiger charge is -2.14. The SMILES string of the molecule is CCN(C(C)=O)c1nc(CNCc2nn[nH]n2)cs1. The lowest BCUT2D eigenvalue weighted by atomic mass is 10.4. The lowest BCUT2D eigenvalue weighted by Crippen LogP contribution is -2.27. The molecule has 0 spiro atoms. The standard InChI is InChI=1S/C10H15N7OS/c1-3-17(7(2)18)10-12-8(6-19-10)4-11-5-9-13-15-16-14-9/h6,11H,3-5H2,1-2H3,(H,13,14,15,16). The van der Waals surface area contributed by atoms with Gasteiger partial charge in [0.05, 0.1) is 12.2 Å². The van der Waals surface area contributed by atoms with E-state index in [0.717, 1.165) is 10.8 Å². The molecule has 2 aromatic heterocycles. The van der Waals surface area contributed by atoms with Gasteiger partial charge >= 0.3 is 0 Å². The first-order valence-corrected chi connectivity index (χ1v) is 6.74. The van der Waals surface area contributed by atoms with Crippen LogP contribution in [0.2, 0.25) is 0 Å². The predicted octanol–water partition coefficient (Wildman–Crippen LogP) is 0.319. The lowest BCUT2D eigenvalue weighted by molar-refractivity contribution is -0.116. The summed E-state index contributed by atoms with van der Waals surface area (Å²) >= 11 is 1.46. The van der Waals surface area contributed by atoms with Gasteiger partial charge < -0.3 is 5.32 Å². The van der Waals surface area contributed by atoms with Gasteiger partial charge in [0.25, 0.3) is 0 Å². The molecule has 2 N–H and O–H groups in total. The van der Waals surface area contributed by atoms with Crippen LogP contribution in [-0.4, -0.2) is 38.1 Å². The van der Waals surface area contributed by atoms with E-state index in [1.165, 1.54) is 11.3 Å². The molecular formula is C10H15N7OS. The molecule has 1 amide bonds. The molecule has 2 rings (SSSR count). The van der Waals surface area contributed by atoms with Crippen molar-refractivity contribution in [3.63, 3.8) is 0 Å². The maximum atomic E-state index is 11.4. The Morgan fingerprint density at radius 2 is 2.37 bits per heavy atom. The molecule has 0 unspecified atom stereocenters. The minimum atomic E-state index is 0.00292. The number of anilines is 1. The van der Waals surface area contributed by atoms with Gasteiger partial charge in [0.15, 0.2) is 11.0 Å². The van der Waals surface area contributed by atoms with Crippen molar-refractivity contribution in [2.24, 2.45) is 0 Å². The van der Waals surface area contributed by atoms with Crippen LogP contribution in [0.1, 0.15) is 25.4 Å². The van der Waals surface area contributed by atoms with Crippen LogP contribution < -0.4 is 10.2 Å². The second kappa shape index (κ2) is 6.34. The summed E-state index contributed by atoms with van der Waals surface area (Å²) in [5, 5.41) is 19.4. The predicted molar refractivity (Wildman–Crippen MR) is 70.5 cm³/mol. The van der Waals surface area contributed by atoms with E-state index >= 15 is 0 Å². The molecule has 0 aliphatic carbocycles. The Hall–Kier alpha value is -1.87. The van der Waals surface area contributed by atoms with Gasteiger partial charge in [-0.25, -0.2) is 4.98 Å². The smallest absolute Gasteiger partial charge is 0.225 e. The van der Waals surface area contributed by atoms with E-state index in [-0.39, 0.29) is 5.91 Å². The third kappa shape index (κ3) is 3.55. The van der Waals surface area contributed by atoms with Gasteiger partial charge in [0.1, 0.15) is 0 Å². The van der Waals surface area contributed by atoms with Crippen LogP contribution in [0.3, 0.4) is 0 Å². The fourth-order valence-corrected chi connectivity index (χ4v) is 2.49. The van der Waals surface area contributed by atoms with Gasteiger partial charge in [-0.15, -0.1) is 21.5 Å². The first-order valence-electron chi connectivity index (χ1n) is 5.86. The van der Waals surface area contributed by atoms with E-state index in [0.29, 0.717) is 25.5 Å². The average molecular weight is 281 g/mol. The van der Waals surface area contributed by atoms with E-state index in [2.05, 4.69) is 30.9 Å². The highest BCUT2D eigenvalue weighted by Crippen LogP contribution is 2.20. The zero-order chi connectivity index (χ0) is 13.7. The van der Waals surface area contributed by atoms with Crippen LogP contribution in [0.25, 0.3) is 0 Å². The Labute approximate surface area is 114 Å². The number of aromatic amines is 1. The summed E-state index contributed by atoms with van der Waals surface area (Å²) in [6, 6.07) is 0. The number of thiazole rings is 1. The molecule has 2 heterocycles. The maximum absolute atomic E-state index is 11.4. The highest BCUT2D eigenvalue weighted by Gasteiger charge is 2.13. The summed E-state index contributed by atoms with van der Waals surface area (Å²) in [7, 11) is 0. The summed E-state index contributed by atoms with van der Waals surface area (Å²) in [5.41, 5.74) is 0.892. The molecule has 9 heteroatoms. The topological polar surface area (TPSA) is 99.7 Å². The van der Waals surface area contributed by atoms with E-state index < -0.39 is 0 Å². The van der Waals surface area contributed by atoms with Crippen molar-refractivity contribution in [1.29, 1.82) is 0 Å². The summed E-state index contributed by atoms with van der Waals surface area (Å²) in [4.78, 5) is 17.5. The molecule has 0 aliphatic heterocycles. The number of nitrogens with one attached hydrogen (secondary N) is 2. The number of amides is 1. The molecule has 19 heavy (non-hydrogen) atoms. The van der Waals surface area contributed by atoms with Crippen molar-refractivity contribution < 1.29 is 4.79 Å². The maximum Gasteiger partial charge on any atom is 0.225 e. The third-order valence-electron chi connectivity index (χ3n) is 2.45. The Bertz CT molecular complexity index is 524. The molecule has 0 saturated heterocycles. The normalized spacial score (nSPS) is 10.6. The highest BCUT2D eigenvalue weighted by atomic mass is 32.1. The molecule has 0 atom stereocenters. The number of H-pyrrole nitrogens is 1. The first kappa shape index (κ1) is 13.6. The summed E-state index contributed by atoms with van der Waals surface area (Å²) in [6.07, 6.45) is 0. The van der Waals surface area contributed by atoms with Gasteiger partial charge in [-0.3, -0.25) is 9.69 Å². The van der Waals surface area contributed by atoms with Crippen LogP contribution in [0.5, 0.6) is 0 Å². The van der Waals surface area contributed by atoms with Gasteiger partial charge in [-0.2, -0.15) is 5.21 Å². The fraction of sp³-hybridized carbons (Fsp3) is 0.500. The number of carbonyl (C=O) groups excluding carboxylic acids is 1. The van der Waals surface area contributed by atoms with Gasteiger partial charge in [0, 0.05) is 25.4 Å². The van der Waals surface area contributed by atoms with Crippen molar-refractivity contribution in [3.8, 4) is 0 Å². The van der Waals surface area contributed by atoms with Crippen LogP contribution in [0.4, 0.5) is 5.13 Å². The van der Waals surface area contributed by atoms with E-state index in [9.17, 15) is 4.79 Å². The van der Waals surface area contributed by atoms with Crippen molar-refractivity contribution in [3.05, 3.63) is 16.9 Å². The number of hydrogen-bond donors (Lipinski definition) is 2. The molecule has 8 nitrogen and oxygen atoms in total. The van der Waals surface area contributed by atoms with E-state index in [1.807, 2.05) is 12.3 Å². The van der Waals surface area contributed by atoms with E-state index in [4.69, 9.17) is 0 Å². The van der Waals surface area contributed by atoms with Crippen molar-refractivity contribution in [2.45, 2.75) is 26.9 Å². The van der Waals surface area contributed by atoms with Crippen LogP contribution >= 0.6 is 11.3 Å². The molecule has 0 bridgehead atoms. The summed E-state index contributed by atoms with van der Waals surface area (Å²) in [5.74, 6) is 0.609. The van der Waals surface area contributed by atoms with Crippen LogP contribution in [-0.2, 0) is 17.9 Å². The third-order valence-corrected chi connectivity index (χ3v) is 3.36. The molecule has 102 valence electrons. The zero-order valence-corrected chi connectivity index (χ0v) is 11.6. The average Bonchev–Trinajstić information content (AvgIpc) is 3.02. The second-order valence-corrected chi connectivity index (χ2v) is 4.65. The Morgan fingerprint density at radius 1 is 1.53 bits per heavy atom. The summed E-state index contributed by atoms with van der Waals surface area (Å²) in [6.45, 7) is 5.21. The number of rotatable bonds is 6. The van der Waals surface area contributed by atoms with Crippen LogP contribution in [0.15, 0.2) is 5.38 Å². The fourth-order valence-electron chi connectivity index (χ4n) is 1.55. The molecule has 2 aromatic rings. The number of tetrazole rings is 1. The second-order valence-electron chi connectivity index (χ2n) is 3.82. The van der Waals surface area contributed by atoms with Crippen molar-refractivity contribution >= 4 is 22.4 Å². The quantitative estimate of drug-likeness (QED) is 0.791. The van der Waals surface area contributed by atoms with Gasteiger partial charge in [-0.1, -0.05) is 5.21 Å². The summed E-state index contributed by atoms with van der Waals surface area (Å²) < 4.78 is 0. The number of aromatic nitrogens is 5. The molecule has 0 aliphatic rings. The number of nitrogens with zero attached hydrogens (tertiary/aromatic N) is 5. The zero-order valence-electron chi connectivity index (χ0n) is 10.8. The van der Waals surface area contributed by atoms with Crippen LogP contribution in [0, 0.1) is 0 Å². The Kier molecular flexibility index (Phi) is 4.53. The number of hydrogen-bond acceptors (Lipinski definition) is 7. The molecule has 0 saturated carbocycles. The molecule has 0 radical (unpaired) electrons. The Morgan fingerprint density at radius 3 is 3.00 bits per heavy atom. The minimum Gasteiger partial charge on any atom is -0.304 e. The van der Waals surface area contributed by atoms with Gasteiger partial charge in [-0.05, 0) is 6.92 Å². The van der Waals surface area contributed by atoms with Crippen molar-refractivity contribution in [2.75, 3.05) is 11.4 Å². The highest BCUT2D eigenvalue weighted by molar-refractivity contribution is 7.14. The van der Waals surface area contributed by atoms with Gasteiger partial charge in [0.2, 0.25) is 5.91 Å².